The van der Waals surface area contributed by atoms with Gasteiger partial charge in [-0.3, -0.25) is 4.57 Å². The summed E-state index contributed by atoms with van der Waals surface area (Å²) in [6, 6.07) is 7.93. The molecular formula is C13H18NO3P. The van der Waals surface area contributed by atoms with Crippen LogP contribution in [0.15, 0.2) is 30.5 Å². The van der Waals surface area contributed by atoms with E-state index < -0.39 is 7.60 Å². The Hall–Kier alpha value is -1.09. The zero-order valence-electron chi connectivity index (χ0n) is 10.7. The van der Waals surface area contributed by atoms with E-state index in [4.69, 9.17) is 9.05 Å². The van der Waals surface area contributed by atoms with Crippen LogP contribution >= 0.6 is 7.60 Å². The number of nitrogens with one attached hydrogen (secondary N) is 1. The van der Waals surface area contributed by atoms with Crippen LogP contribution in [0, 0.1) is 0 Å². The number of aromatic amines is 1. The molecule has 1 N–H and O–H groups in total. The van der Waals surface area contributed by atoms with Crippen molar-refractivity contribution in [1.29, 1.82) is 0 Å². The minimum atomic E-state index is -3.01. The fourth-order valence-electron chi connectivity index (χ4n) is 1.95. The molecular weight excluding hydrogens is 249 g/mol. The van der Waals surface area contributed by atoms with Crippen LogP contribution in [-0.4, -0.2) is 18.2 Å². The van der Waals surface area contributed by atoms with Crippen molar-refractivity contribution in [1.82, 2.24) is 4.98 Å². The maximum absolute atomic E-state index is 12.4. The Bertz CT molecular complexity index is 554. The normalized spacial score (nSPS) is 12.1. The zero-order chi connectivity index (χ0) is 13.0. The van der Waals surface area contributed by atoms with E-state index in [1.807, 2.05) is 44.3 Å². The third-order valence-electron chi connectivity index (χ3n) is 2.65. The van der Waals surface area contributed by atoms with Gasteiger partial charge in [-0.1, -0.05) is 6.07 Å². The van der Waals surface area contributed by atoms with Crippen molar-refractivity contribution in [3.63, 3.8) is 0 Å². The Labute approximate surface area is 107 Å². The Morgan fingerprint density at radius 3 is 2.56 bits per heavy atom. The number of benzene rings is 1. The lowest BCUT2D eigenvalue weighted by molar-refractivity contribution is 0.219. The summed E-state index contributed by atoms with van der Waals surface area (Å²) < 4.78 is 23.0. The van der Waals surface area contributed by atoms with Crippen molar-refractivity contribution >= 4 is 18.5 Å². The van der Waals surface area contributed by atoms with Crippen molar-refractivity contribution < 1.29 is 13.6 Å². The summed E-state index contributed by atoms with van der Waals surface area (Å²) in [6.45, 7) is 4.43. The second-order valence-corrected chi connectivity index (χ2v) is 6.06. The smallest absolute Gasteiger partial charge is 0.335 e. The topological polar surface area (TPSA) is 51.3 Å². The Kier molecular flexibility index (Phi) is 4.23. The number of rotatable bonds is 6. The lowest BCUT2D eigenvalue weighted by atomic mass is 10.2. The molecule has 2 aromatic rings. The molecule has 0 aliphatic rings. The number of hydrogen-bond donors (Lipinski definition) is 1. The molecule has 0 aliphatic carbocycles. The van der Waals surface area contributed by atoms with Gasteiger partial charge in [0.05, 0.1) is 19.4 Å². The highest BCUT2D eigenvalue weighted by atomic mass is 31.2. The molecule has 0 bridgehead atoms. The summed E-state index contributed by atoms with van der Waals surface area (Å²) in [6.07, 6.45) is 2.20. The molecule has 2 rings (SSSR count). The third kappa shape index (κ3) is 3.02. The average Bonchev–Trinajstić information content (AvgIpc) is 2.76. The lowest BCUT2D eigenvalue weighted by Gasteiger charge is -2.16. The van der Waals surface area contributed by atoms with Gasteiger partial charge in [-0.25, -0.2) is 0 Å². The predicted octanol–water partition coefficient (Wildman–Crippen LogP) is 3.93. The van der Waals surface area contributed by atoms with Gasteiger partial charge in [0.1, 0.15) is 0 Å². The molecule has 1 aromatic carbocycles. The average molecular weight is 267 g/mol. The van der Waals surface area contributed by atoms with Gasteiger partial charge in [0.25, 0.3) is 0 Å². The SMILES string of the molecule is CCOP(=O)(Cc1ccc2[nH]ccc2c1)OCC. The molecule has 0 saturated heterocycles. The van der Waals surface area contributed by atoms with E-state index in [-0.39, 0.29) is 0 Å². The lowest BCUT2D eigenvalue weighted by Crippen LogP contribution is -1.99. The van der Waals surface area contributed by atoms with E-state index in [0.29, 0.717) is 19.4 Å². The molecule has 18 heavy (non-hydrogen) atoms. The van der Waals surface area contributed by atoms with Crippen molar-refractivity contribution in [3.8, 4) is 0 Å². The number of H-pyrrole nitrogens is 1. The number of aromatic nitrogens is 1. The van der Waals surface area contributed by atoms with Gasteiger partial charge in [-0.2, -0.15) is 0 Å². The molecule has 0 atom stereocenters. The Balaban J connectivity index is 2.22. The quantitative estimate of drug-likeness (QED) is 0.807. The van der Waals surface area contributed by atoms with Crippen LogP contribution < -0.4 is 0 Å². The van der Waals surface area contributed by atoms with Gasteiger partial charge in [0, 0.05) is 11.7 Å². The van der Waals surface area contributed by atoms with Crippen LogP contribution in [0.1, 0.15) is 19.4 Å². The Morgan fingerprint density at radius 2 is 1.89 bits per heavy atom. The second-order valence-electron chi connectivity index (χ2n) is 4.00. The number of hydrogen-bond acceptors (Lipinski definition) is 3. The van der Waals surface area contributed by atoms with E-state index in [9.17, 15) is 4.57 Å². The first-order valence-corrected chi connectivity index (χ1v) is 7.84. The van der Waals surface area contributed by atoms with E-state index >= 15 is 0 Å². The molecule has 0 amide bonds. The van der Waals surface area contributed by atoms with Gasteiger partial charge >= 0.3 is 7.60 Å². The molecule has 98 valence electrons. The Morgan fingerprint density at radius 1 is 1.17 bits per heavy atom. The summed E-state index contributed by atoms with van der Waals surface area (Å²) in [5.74, 6) is 0. The molecule has 1 aromatic heterocycles. The predicted molar refractivity (Wildman–Crippen MR) is 72.9 cm³/mol. The molecule has 0 unspecified atom stereocenters. The van der Waals surface area contributed by atoms with Crippen molar-refractivity contribution in [2.24, 2.45) is 0 Å². The highest BCUT2D eigenvalue weighted by Gasteiger charge is 2.23. The fraction of sp³-hybridized carbons (Fsp3) is 0.385. The van der Waals surface area contributed by atoms with Crippen LogP contribution in [0.4, 0.5) is 0 Å². The van der Waals surface area contributed by atoms with Crippen LogP contribution in [0.3, 0.4) is 0 Å². The van der Waals surface area contributed by atoms with E-state index in [1.165, 1.54) is 0 Å². The van der Waals surface area contributed by atoms with Crippen LogP contribution in [0.25, 0.3) is 10.9 Å². The fourth-order valence-corrected chi connectivity index (χ4v) is 3.63. The largest absolute Gasteiger partial charge is 0.361 e. The molecule has 0 radical (unpaired) electrons. The second kappa shape index (κ2) is 5.70. The first-order chi connectivity index (χ1) is 8.67. The molecule has 0 saturated carbocycles. The highest BCUT2D eigenvalue weighted by Crippen LogP contribution is 2.51. The molecule has 5 heteroatoms. The van der Waals surface area contributed by atoms with Crippen molar-refractivity contribution in [2.75, 3.05) is 13.2 Å². The van der Waals surface area contributed by atoms with Crippen molar-refractivity contribution in [2.45, 2.75) is 20.0 Å². The minimum Gasteiger partial charge on any atom is -0.361 e. The first kappa shape index (κ1) is 13.3. The van der Waals surface area contributed by atoms with Gasteiger partial charge < -0.3 is 14.0 Å². The summed E-state index contributed by atoms with van der Waals surface area (Å²) in [7, 11) is -3.01. The van der Waals surface area contributed by atoms with Crippen LogP contribution in [-0.2, 0) is 19.8 Å². The molecule has 0 fully saturated rings. The maximum atomic E-state index is 12.4. The summed E-state index contributed by atoms with van der Waals surface area (Å²) >= 11 is 0. The molecule has 0 spiro atoms. The summed E-state index contributed by atoms with van der Waals surface area (Å²) in [5, 5.41) is 1.10. The summed E-state index contributed by atoms with van der Waals surface area (Å²) in [4.78, 5) is 3.13. The molecule has 4 nitrogen and oxygen atoms in total. The maximum Gasteiger partial charge on any atom is 0.335 e. The van der Waals surface area contributed by atoms with Gasteiger partial charge in [0.15, 0.2) is 0 Å². The van der Waals surface area contributed by atoms with Gasteiger partial charge in [-0.05, 0) is 43.0 Å². The van der Waals surface area contributed by atoms with Gasteiger partial charge in [0.2, 0.25) is 0 Å². The van der Waals surface area contributed by atoms with E-state index in [1.54, 1.807) is 0 Å². The van der Waals surface area contributed by atoms with Crippen LogP contribution in [0.5, 0.6) is 0 Å². The van der Waals surface area contributed by atoms with Crippen LogP contribution in [0.2, 0.25) is 0 Å². The van der Waals surface area contributed by atoms with E-state index in [2.05, 4.69) is 4.98 Å². The van der Waals surface area contributed by atoms with Gasteiger partial charge in [-0.15, -0.1) is 0 Å². The molecule has 0 aliphatic heterocycles. The standard InChI is InChI=1S/C13H18NO3P/c1-3-16-18(15,17-4-2)10-11-5-6-13-12(9-11)7-8-14-13/h5-9,14H,3-4,10H2,1-2H3. The molecule has 1 heterocycles. The highest BCUT2D eigenvalue weighted by molar-refractivity contribution is 7.53. The van der Waals surface area contributed by atoms with Crippen molar-refractivity contribution in [3.05, 3.63) is 36.0 Å². The van der Waals surface area contributed by atoms with E-state index in [0.717, 1.165) is 16.5 Å². The zero-order valence-corrected chi connectivity index (χ0v) is 11.6. The minimum absolute atomic E-state index is 0.315. The number of fused-ring (bicyclic) bond motifs is 1. The summed E-state index contributed by atoms with van der Waals surface area (Å²) in [5.41, 5.74) is 2.04. The third-order valence-corrected chi connectivity index (χ3v) is 4.70. The monoisotopic (exact) mass is 267 g/mol. The first-order valence-electron chi connectivity index (χ1n) is 6.11.